The summed E-state index contributed by atoms with van der Waals surface area (Å²) in [6.07, 6.45) is 3.64. The molecule has 5 nitrogen and oxygen atoms in total. The summed E-state index contributed by atoms with van der Waals surface area (Å²) in [5.74, 6) is 0. The van der Waals surface area contributed by atoms with Crippen LogP contribution < -0.4 is 4.90 Å². The van der Waals surface area contributed by atoms with E-state index in [1.54, 1.807) is 6.20 Å². The molecule has 1 fully saturated rings. The van der Waals surface area contributed by atoms with Crippen LogP contribution in [0.2, 0.25) is 5.02 Å². The topological polar surface area (TPSA) is 43.2 Å². The van der Waals surface area contributed by atoms with Crippen molar-refractivity contribution in [1.82, 2.24) is 14.5 Å². The minimum Gasteiger partial charge on any atom is -0.378 e. The van der Waals surface area contributed by atoms with Gasteiger partial charge in [0.25, 0.3) is 0 Å². The predicted molar refractivity (Wildman–Crippen MR) is 112 cm³/mol. The normalized spacial score (nSPS) is 15.0. The predicted octanol–water partition coefficient (Wildman–Crippen LogP) is 4.83. The Morgan fingerprint density at radius 3 is 2.74 bits per heavy atom. The smallest absolute Gasteiger partial charge is 0.103 e. The third-order valence-corrected chi connectivity index (χ3v) is 5.83. The number of pyridine rings is 1. The van der Waals surface area contributed by atoms with Gasteiger partial charge in [0, 0.05) is 34.8 Å². The van der Waals surface area contributed by atoms with Crippen LogP contribution in [0.25, 0.3) is 27.6 Å². The molecule has 27 heavy (non-hydrogen) atoms. The molecule has 0 aliphatic carbocycles. The van der Waals surface area contributed by atoms with Crippen LogP contribution in [-0.4, -0.2) is 40.8 Å². The Labute approximate surface area is 169 Å². The van der Waals surface area contributed by atoms with Gasteiger partial charge >= 0.3 is 0 Å². The van der Waals surface area contributed by atoms with Gasteiger partial charge in [-0.1, -0.05) is 23.7 Å². The number of aromatic nitrogens is 3. The zero-order valence-electron chi connectivity index (χ0n) is 14.4. The van der Waals surface area contributed by atoms with Gasteiger partial charge in [0.05, 0.1) is 35.0 Å². The first kappa shape index (κ1) is 17.0. The van der Waals surface area contributed by atoms with Gasteiger partial charge in [-0.15, -0.1) is 0 Å². The molecule has 0 atom stereocenters. The second kappa shape index (κ2) is 6.78. The lowest BCUT2D eigenvalue weighted by Gasteiger charge is -2.29. The first-order chi connectivity index (χ1) is 13.2. The molecule has 0 bridgehead atoms. The van der Waals surface area contributed by atoms with Crippen molar-refractivity contribution in [3.8, 4) is 5.69 Å². The molecule has 0 spiro atoms. The summed E-state index contributed by atoms with van der Waals surface area (Å²) in [6.45, 7) is 3.28. The average Bonchev–Trinajstić information content (AvgIpc) is 3.13. The van der Waals surface area contributed by atoms with E-state index in [1.807, 2.05) is 30.6 Å². The fraction of sp³-hybridized carbons (Fsp3) is 0.200. The Morgan fingerprint density at radius 2 is 1.89 bits per heavy atom. The largest absolute Gasteiger partial charge is 0.378 e. The van der Waals surface area contributed by atoms with Crippen LogP contribution in [0.1, 0.15) is 0 Å². The van der Waals surface area contributed by atoms with Gasteiger partial charge in [0.15, 0.2) is 0 Å². The van der Waals surface area contributed by atoms with Gasteiger partial charge in [0.1, 0.15) is 11.8 Å². The maximum absolute atomic E-state index is 6.35. The van der Waals surface area contributed by atoms with Crippen molar-refractivity contribution in [3.05, 3.63) is 58.4 Å². The van der Waals surface area contributed by atoms with Crippen molar-refractivity contribution in [1.29, 1.82) is 0 Å². The second-order valence-corrected chi connectivity index (χ2v) is 7.74. The molecule has 1 aliphatic heterocycles. The molecule has 1 aliphatic rings. The number of rotatable bonds is 2. The molecule has 0 amide bonds. The second-order valence-electron chi connectivity index (χ2n) is 6.48. The Morgan fingerprint density at radius 1 is 1.04 bits per heavy atom. The number of fused-ring (bicyclic) bond motifs is 2. The van der Waals surface area contributed by atoms with E-state index in [4.69, 9.17) is 16.3 Å². The lowest BCUT2D eigenvalue weighted by molar-refractivity contribution is 0.122. The van der Waals surface area contributed by atoms with Gasteiger partial charge < -0.3 is 9.64 Å². The van der Waals surface area contributed by atoms with Crippen LogP contribution in [0.15, 0.2) is 53.4 Å². The molecule has 3 heterocycles. The van der Waals surface area contributed by atoms with Crippen LogP contribution in [0.5, 0.6) is 0 Å². The van der Waals surface area contributed by atoms with E-state index in [2.05, 4.69) is 47.5 Å². The van der Waals surface area contributed by atoms with Crippen molar-refractivity contribution in [3.63, 3.8) is 0 Å². The maximum Gasteiger partial charge on any atom is 0.103 e. The number of anilines is 1. The summed E-state index contributed by atoms with van der Waals surface area (Å²) in [5, 5.41) is 1.64. The SMILES string of the molecule is Clc1cccc2c(-n3cnc4c(Br)cc(N5CCOCC5)cc43)ccnc12. The summed E-state index contributed by atoms with van der Waals surface area (Å²) in [7, 11) is 0. The van der Waals surface area contributed by atoms with E-state index in [9.17, 15) is 0 Å². The molecular formula is C20H16BrClN4O. The van der Waals surface area contributed by atoms with Crippen molar-refractivity contribution < 1.29 is 4.74 Å². The summed E-state index contributed by atoms with van der Waals surface area (Å²) in [4.78, 5) is 11.4. The quantitative estimate of drug-likeness (QED) is 0.445. The Hall–Kier alpha value is -2.15. The fourth-order valence-electron chi connectivity index (χ4n) is 3.59. The third-order valence-electron chi connectivity index (χ3n) is 4.92. The van der Waals surface area contributed by atoms with E-state index in [0.29, 0.717) is 5.02 Å². The summed E-state index contributed by atoms with van der Waals surface area (Å²) in [6, 6.07) is 12.2. The molecule has 4 aromatic rings. The highest BCUT2D eigenvalue weighted by atomic mass is 79.9. The number of benzene rings is 2. The van der Waals surface area contributed by atoms with E-state index in [1.165, 1.54) is 0 Å². The van der Waals surface area contributed by atoms with Crippen LogP contribution in [0.4, 0.5) is 5.69 Å². The number of ether oxygens (including phenoxy) is 1. The highest BCUT2D eigenvalue weighted by Gasteiger charge is 2.17. The number of para-hydroxylation sites is 1. The van der Waals surface area contributed by atoms with Gasteiger partial charge in [-0.2, -0.15) is 0 Å². The van der Waals surface area contributed by atoms with Gasteiger partial charge in [-0.25, -0.2) is 4.98 Å². The van der Waals surface area contributed by atoms with Crippen LogP contribution >= 0.6 is 27.5 Å². The molecule has 1 saturated heterocycles. The number of hydrogen-bond acceptors (Lipinski definition) is 4. The molecule has 5 rings (SSSR count). The Balaban J connectivity index is 1.73. The molecule has 0 saturated carbocycles. The molecule has 0 radical (unpaired) electrons. The molecule has 7 heteroatoms. The van der Waals surface area contributed by atoms with E-state index in [-0.39, 0.29) is 0 Å². The first-order valence-corrected chi connectivity index (χ1v) is 9.92. The molecule has 0 unspecified atom stereocenters. The van der Waals surface area contributed by atoms with E-state index >= 15 is 0 Å². The summed E-state index contributed by atoms with van der Waals surface area (Å²) < 4.78 is 8.57. The van der Waals surface area contributed by atoms with Gasteiger partial charge in [-0.05, 0) is 40.2 Å². The van der Waals surface area contributed by atoms with Crippen LogP contribution in [-0.2, 0) is 4.74 Å². The first-order valence-electron chi connectivity index (χ1n) is 8.75. The van der Waals surface area contributed by atoms with Crippen molar-refractivity contribution in [2.24, 2.45) is 0 Å². The number of imidazole rings is 1. The van der Waals surface area contributed by atoms with Gasteiger partial charge in [-0.3, -0.25) is 9.55 Å². The van der Waals surface area contributed by atoms with Crippen LogP contribution in [0.3, 0.4) is 0 Å². The minimum absolute atomic E-state index is 0.647. The maximum atomic E-state index is 6.35. The summed E-state index contributed by atoms with van der Waals surface area (Å²) in [5.41, 5.74) is 4.94. The highest BCUT2D eigenvalue weighted by molar-refractivity contribution is 9.10. The average molecular weight is 444 g/mol. The van der Waals surface area contributed by atoms with Crippen molar-refractivity contribution >= 4 is 55.2 Å². The molecule has 136 valence electrons. The molecular weight excluding hydrogens is 428 g/mol. The minimum atomic E-state index is 0.647. The van der Waals surface area contributed by atoms with Crippen LogP contribution in [0, 0.1) is 0 Å². The lowest BCUT2D eigenvalue weighted by atomic mass is 10.1. The van der Waals surface area contributed by atoms with E-state index in [0.717, 1.165) is 64.1 Å². The number of halogens is 2. The lowest BCUT2D eigenvalue weighted by Crippen LogP contribution is -2.36. The fourth-order valence-corrected chi connectivity index (χ4v) is 4.35. The third kappa shape index (κ3) is 2.88. The molecule has 2 aromatic heterocycles. The van der Waals surface area contributed by atoms with E-state index < -0.39 is 0 Å². The Kier molecular flexibility index (Phi) is 4.27. The monoisotopic (exact) mass is 442 g/mol. The zero-order chi connectivity index (χ0) is 18.4. The number of morpholine rings is 1. The Bertz CT molecular complexity index is 1150. The molecule has 2 aromatic carbocycles. The van der Waals surface area contributed by atoms with Crippen molar-refractivity contribution in [2.45, 2.75) is 0 Å². The number of hydrogen-bond donors (Lipinski definition) is 0. The van der Waals surface area contributed by atoms with Gasteiger partial charge in [0.2, 0.25) is 0 Å². The summed E-state index contributed by atoms with van der Waals surface area (Å²) >= 11 is 10.0. The van der Waals surface area contributed by atoms with Crippen molar-refractivity contribution in [2.75, 3.05) is 31.2 Å². The highest BCUT2D eigenvalue weighted by Crippen LogP contribution is 2.33. The standard InChI is InChI=1S/C20H16BrClN4O/c21-15-10-13(25-6-8-27-9-7-25)11-18-20(15)24-12-26(18)17-4-5-23-19-14(17)2-1-3-16(19)22/h1-5,10-12H,6-9H2. The number of nitrogens with zero attached hydrogens (tertiary/aromatic N) is 4. The molecule has 0 N–H and O–H groups in total. The zero-order valence-corrected chi connectivity index (χ0v) is 16.7.